The highest BCUT2D eigenvalue weighted by Gasteiger charge is 2.96. The van der Waals surface area contributed by atoms with Crippen LogP contribution >= 0.6 is 0 Å². The molecule has 0 saturated carbocycles. The number of nitrogens with zero attached hydrogens (tertiary/aromatic N) is 1. The first-order chi connectivity index (χ1) is 14.6. The van der Waals surface area contributed by atoms with E-state index >= 15 is 0 Å². The van der Waals surface area contributed by atoms with E-state index in [1.54, 1.807) is 0 Å². The van der Waals surface area contributed by atoms with Gasteiger partial charge in [-0.05, 0) is 19.1 Å². The number of hydrogen-bond donors (Lipinski definition) is 1. The van der Waals surface area contributed by atoms with Gasteiger partial charge in [0.2, 0.25) is 0 Å². The Kier molecular flexibility index (Phi) is 6.79. The Bertz CT molecular complexity index is 875. The SMILES string of the molecule is CC(O)(c1ccccn1)C(F)(F)C(F)(F)C(F)(F)C(F)(F)C(F)(F)C(F)(F)C(F)(F)C(F)(F)F. The first-order valence-corrected chi connectivity index (χ1v) is 7.96. The monoisotopic (exact) mass is 541 g/mol. The van der Waals surface area contributed by atoms with Gasteiger partial charge < -0.3 is 5.11 Å². The molecule has 1 rings (SSSR count). The molecule has 0 aliphatic carbocycles. The summed E-state index contributed by atoms with van der Waals surface area (Å²) in [5.41, 5.74) is -6.43. The van der Waals surface area contributed by atoms with Crippen molar-refractivity contribution in [1.29, 1.82) is 0 Å². The van der Waals surface area contributed by atoms with Crippen molar-refractivity contribution in [3.05, 3.63) is 30.1 Å². The number of aliphatic hydroxyl groups is 1. The molecule has 0 radical (unpaired) electrons. The highest BCUT2D eigenvalue weighted by atomic mass is 19.4. The molecule has 0 bridgehead atoms. The molecule has 0 aliphatic heterocycles. The summed E-state index contributed by atoms with van der Waals surface area (Å²) in [6.45, 7) is -0.470. The van der Waals surface area contributed by atoms with Crippen LogP contribution in [0.4, 0.5) is 74.6 Å². The van der Waals surface area contributed by atoms with Crippen LogP contribution in [0.1, 0.15) is 12.6 Å². The van der Waals surface area contributed by atoms with E-state index in [9.17, 15) is 79.7 Å². The Morgan fingerprint density at radius 2 is 0.853 bits per heavy atom. The van der Waals surface area contributed by atoms with Gasteiger partial charge in [-0.1, -0.05) is 6.07 Å². The van der Waals surface area contributed by atoms with Crippen LogP contribution in [0, 0.1) is 0 Å². The second-order valence-corrected chi connectivity index (χ2v) is 6.81. The van der Waals surface area contributed by atoms with Crippen LogP contribution in [0.25, 0.3) is 0 Å². The summed E-state index contributed by atoms with van der Waals surface area (Å²) in [5.74, 6) is -57.7. The average Bonchev–Trinajstić information content (AvgIpc) is 2.66. The lowest BCUT2D eigenvalue weighted by atomic mass is 9.82. The summed E-state index contributed by atoms with van der Waals surface area (Å²) in [6.07, 6.45) is -7.36. The predicted octanol–water partition coefficient (Wildman–Crippen LogP) is 6.30. The van der Waals surface area contributed by atoms with Crippen LogP contribution in [0.2, 0.25) is 0 Å². The summed E-state index contributed by atoms with van der Waals surface area (Å²) in [6, 6.07) is 1.72. The minimum Gasteiger partial charge on any atom is -0.377 e. The number of rotatable bonds is 8. The molecule has 0 fully saturated rings. The molecule has 2 nitrogen and oxygen atoms in total. The van der Waals surface area contributed by atoms with Gasteiger partial charge in [0, 0.05) is 6.20 Å². The third-order valence-corrected chi connectivity index (χ3v) is 4.50. The molecule has 1 N–H and O–H groups in total. The zero-order valence-electron chi connectivity index (χ0n) is 15.6. The van der Waals surface area contributed by atoms with Gasteiger partial charge >= 0.3 is 47.6 Å². The third-order valence-electron chi connectivity index (χ3n) is 4.50. The molecule has 0 spiro atoms. The smallest absolute Gasteiger partial charge is 0.377 e. The van der Waals surface area contributed by atoms with E-state index in [1.165, 1.54) is 0 Å². The van der Waals surface area contributed by atoms with Crippen LogP contribution in [-0.2, 0) is 5.60 Å². The second-order valence-electron chi connectivity index (χ2n) is 6.81. The van der Waals surface area contributed by atoms with Crippen LogP contribution in [0.5, 0.6) is 0 Å². The number of hydrogen-bond acceptors (Lipinski definition) is 2. The Balaban J connectivity index is 3.76. The lowest BCUT2D eigenvalue weighted by molar-refractivity contribution is -0.467. The van der Waals surface area contributed by atoms with Crippen molar-refractivity contribution in [2.24, 2.45) is 0 Å². The molecule has 19 heteroatoms. The normalized spacial score (nSPS) is 17.5. The van der Waals surface area contributed by atoms with Crippen LogP contribution < -0.4 is 0 Å². The number of pyridine rings is 1. The number of alkyl halides is 17. The molecule has 0 aromatic carbocycles. The quantitative estimate of drug-likeness (QED) is 0.393. The largest absolute Gasteiger partial charge is 0.460 e. The Morgan fingerprint density at radius 1 is 0.529 bits per heavy atom. The fourth-order valence-corrected chi connectivity index (χ4v) is 2.28. The van der Waals surface area contributed by atoms with Gasteiger partial charge in [0.25, 0.3) is 0 Å². The maximum atomic E-state index is 14.2. The van der Waals surface area contributed by atoms with Crippen molar-refractivity contribution in [2.75, 3.05) is 0 Å². The first kappa shape index (κ1) is 30.0. The average molecular weight is 541 g/mol. The van der Waals surface area contributed by atoms with E-state index in [-0.39, 0.29) is 6.07 Å². The van der Waals surface area contributed by atoms with E-state index in [2.05, 4.69) is 4.98 Å². The molecule has 0 amide bonds. The minimum atomic E-state index is -8.72. The first-order valence-electron chi connectivity index (χ1n) is 7.96. The third kappa shape index (κ3) is 3.55. The van der Waals surface area contributed by atoms with Crippen LogP contribution in [0.3, 0.4) is 0 Å². The molecular weight excluding hydrogens is 533 g/mol. The van der Waals surface area contributed by atoms with Gasteiger partial charge in [0.1, 0.15) is 0 Å². The molecule has 34 heavy (non-hydrogen) atoms. The molecular formula is C15H8F17NO. The standard InChI is InChI=1S/C15H8F17NO/c1-7(34,6-4-2-3-5-33-6)8(16,17)9(18,19)10(20,21)11(22,23)12(24,25)13(26,27)14(28,29)15(30,31)32/h2-5,34H,1H3. The number of halogens is 17. The van der Waals surface area contributed by atoms with E-state index in [0.29, 0.717) is 12.3 Å². The van der Waals surface area contributed by atoms with E-state index in [0.717, 1.165) is 6.07 Å². The second kappa shape index (κ2) is 7.71. The minimum absolute atomic E-state index is 0.215. The Hall–Kier alpha value is -2.08. The van der Waals surface area contributed by atoms with Gasteiger partial charge in [-0.3, -0.25) is 4.98 Å². The van der Waals surface area contributed by atoms with Crippen molar-refractivity contribution in [3.8, 4) is 0 Å². The van der Waals surface area contributed by atoms with E-state index in [4.69, 9.17) is 0 Å². The van der Waals surface area contributed by atoms with Crippen LogP contribution in [0.15, 0.2) is 24.4 Å². The summed E-state index contributed by atoms with van der Waals surface area (Å²) < 4.78 is 226. The molecule has 1 aromatic heterocycles. The van der Waals surface area contributed by atoms with Crippen molar-refractivity contribution in [3.63, 3.8) is 0 Å². The van der Waals surface area contributed by atoms with E-state index < -0.39 is 65.9 Å². The Labute approximate surface area is 176 Å². The lowest BCUT2D eigenvalue weighted by Crippen LogP contribution is -2.75. The topological polar surface area (TPSA) is 33.1 Å². The van der Waals surface area contributed by atoms with Crippen molar-refractivity contribution in [1.82, 2.24) is 4.98 Å². The summed E-state index contributed by atoms with van der Waals surface area (Å²) in [4.78, 5) is 2.83. The molecule has 0 saturated heterocycles. The zero-order chi connectivity index (χ0) is 27.6. The molecule has 1 unspecified atom stereocenters. The maximum Gasteiger partial charge on any atom is 0.460 e. The predicted molar refractivity (Wildman–Crippen MR) is 74.5 cm³/mol. The van der Waals surface area contributed by atoms with Crippen molar-refractivity contribution < 1.29 is 79.7 Å². The Morgan fingerprint density at radius 3 is 1.15 bits per heavy atom. The fraction of sp³-hybridized carbons (Fsp3) is 0.667. The molecule has 0 aliphatic rings. The van der Waals surface area contributed by atoms with Gasteiger partial charge in [-0.25, -0.2) is 0 Å². The highest BCUT2D eigenvalue weighted by Crippen LogP contribution is 2.65. The maximum absolute atomic E-state index is 14.2. The summed E-state index contributed by atoms with van der Waals surface area (Å²) in [7, 11) is 0. The fourth-order valence-electron chi connectivity index (χ4n) is 2.28. The van der Waals surface area contributed by atoms with Gasteiger partial charge in [0.05, 0.1) is 5.69 Å². The van der Waals surface area contributed by atoms with Gasteiger partial charge in [-0.2, -0.15) is 74.6 Å². The van der Waals surface area contributed by atoms with Crippen LogP contribution in [-0.4, -0.2) is 57.7 Å². The molecule has 198 valence electrons. The highest BCUT2D eigenvalue weighted by molar-refractivity contribution is 5.22. The van der Waals surface area contributed by atoms with E-state index in [1.807, 2.05) is 0 Å². The van der Waals surface area contributed by atoms with Gasteiger partial charge in [-0.15, -0.1) is 0 Å². The van der Waals surface area contributed by atoms with Gasteiger partial charge in [0.15, 0.2) is 5.60 Å². The zero-order valence-corrected chi connectivity index (χ0v) is 15.6. The lowest BCUT2D eigenvalue weighted by Gasteiger charge is -2.45. The molecule has 1 aromatic rings. The molecule has 1 heterocycles. The van der Waals surface area contributed by atoms with Crippen molar-refractivity contribution >= 4 is 0 Å². The number of aromatic nitrogens is 1. The summed E-state index contributed by atoms with van der Waals surface area (Å²) in [5, 5.41) is 9.60. The summed E-state index contributed by atoms with van der Waals surface area (Å²) >= 11 is 0. The van der Waals surface area contributed by atoms with Crippen molar-refractivity contribution in [2.45, 2.75) is 60.2 Å². The molecule has 1 atom stereocenters.